The first-order chi connectivity index (χ1) is 9.20. The van der Waals surface area contributed by atoms with Gasteiger partial charge in [0.05, 0.1) is 5.56 Å². The number of piperidine rings is 1. The molecule has 1 heterocycles. The van der Waals surface area contributed by atoms with E-state index in [0.717, 1.165) is 19.6 Å². The maximum atomic E-state index is 10.8. The Morgan fingerprint density at radius 1 is 1.37 bits per heavy atom. The lowest BCUT2D eigenvalue weighted by Gasteiger charge is -2.35. The molecule has 104 valence electrons. The van der Waals surface area contributed by atoms with E-state index in [1.54, 1.807) is 12.1 Å². The van der Waals surface area contributed by atoms with E-state index < -0.39 is 5.97 Å². The van der Waals surface area contributed by atoms with Crippen LogP contribution in [-0.2, 0) is 6.54 Å². The molecular formula is C15H22N2O2. The molecule has 1 unspecified atom stereocenters. The minimum atomic E-state index is -0.863. The van der Waals surface area contributed by atoms with Crippen LogP contribution < -0.4 is 5.32 Å². The molecule has 4 heteroatoms. The second-order valence-corrected chi connectivity index (χ2v) is 5.18. The molecule has 1 aliphatic heterocycles. The van der Waals surface area contributed by atoms with Crippen LogP contribution in [0.25, 0.3) is 0 Å². The number of hydrogen-bond donors (Lipinski definition) is 2. The molecule has 0 saturated carbocycles. The van der Waals surface area contributed by atoms with E-state index in [9.17, 15) is 4.79 Å². The summed E-state index contributed by atoms with van der Waals surface area (Å²) in [5, 5.41) is 12.1. The molecular weight excluding hydrogens is 240 g/mol. The SMILES string of the molecule is CNCC1CCCCN1Cc1ccc(C(=O)O)cc1. The summed E-state index contributed by atoms with van der Waals surface area (Å²) in [7, 11) is 1.99. The molecule has 1 aromatic carbocycles. The van der Waals surface area contributed by atoms with Crippen molar-refractivity contribution in [1.82, 2.24) is 10.2 Å². The monoisotopic (exact) mass is 262 g/mol. The molecule has 2 rings (SSSR count). The van der Waals surface area contributed by atoms with Gasteiger partial charge in [-0.3, -0.25) is 4.90 Å². The zero-order valence-electron chi connectivity index (χ0n) is 11.4. The van der Waals surface area contributed by atoms with E-state index in [1.165, 1.54) is 24.8 Å². The van der Waals surface area contributed by atoms with Crippen molar-refractivity contribution in [1.29, 1.82) is 0 Å². The molecule has 19 heavy (non-hydrogen) atoms. The summed E-state index contributed by atoms with van der Waals surface area (Å²) in [4.78, 5) is 13.3. The molecule has 0 spiro atoms. The highest BCUT2D eigenvalue weighted by Gasteiger charge is 2.21. The zero-order valence-corrected chi connectivity index (χ0v) is 11.4. The summed E-state index contributed by atoms with van der Waals surface area (Å²) in [6.07, 6.45) is 3.81. The average Bonchev–Trinajstić information content (AvgIpc) is 2.42. The Morgan fingerprint density at radius 2 is 2.11 bits per heavy atom. The normalized spacial score (nSPS) is 20.4. The van der Waals surface area contributed by atoms with Gasteiger partial charge in [0.25, 0.3) is 0 Å². The van der Waals surface area contributed by atoms with Crippen molar-refractivity contribution in [3.63, 3.8) is 0 Å². The van der Waals surface area contributed by atoms with Crippen LogP contribution in [-0.4, -0.2) is 42.2 Å². The van der Waals surface area contributed by atoms with E-state index in [2.05, 4.69) is 10.2 Å². The first-order valence-corrected chi connectivity index (χ1v) is 6.91. The molecule has 0 bridgehead atoms. The van der Waals surface area contributed by atoms with Crippen LogP contribution >= 0.6 is 0 Å². The predicted octanol–water partition coefficient (Wildman–Crippen LogP) is 1.96. The van der Waals surface area contributed by atoms with E-state index >= 15 is 0 Å². The fraction of sp³-hybridized carbons (Fsp3) is 0.533. The van der Waals surface area contributed by atoms with Gasteiger partial charge in [0, 0.05) is 19.1 Å². The number of carboxylic acids is 1. The first kappa shape index (κ1) is 14.0. The van der Waals surface area contributed by atoms with E-state index in [1.807, 2.05) is 19.2 Å². The van der Waals surface area contributed by atoms with Gasteiger partial charge in [-0.15, -0.1) is 0 Å². The van der Waals surface area contributed by atoms with Crippen LogP contribution in [0.15, 0.2) is 24.3 Å². The van der Waals surface area contributed by atoms with E-state index in [-0.39, 0.29) is 0 Å². The van der Waals surface area contributed by atoms with Gasteiger partial charge < -0.3 is 10.4 Å². The highest BCUT2D eigenvalue weighted by atomic mass is 16.4. The molecule has 0 aliphatic carbocycles. The lowest BCUT2D eigenvalue weighted by atomic mass is 10.0. The second kappa shape index (κ2) is 6.68. The van der Waals surface area contributed by atoms with Crippen molar-refractivity contribution in [2.45, 2.75) is 31.8 Å². The van der Waals surface area contributed by atoms with Gasteiger partial charge >= 0.3 is 5.97 Å². The maximum absolute atomic E-state index is 10.8. The van der Waals surface area contributed by atoms with Crippen LogP contribution in [0.3, 0.4) is 0 Å². The molecule has 0 aromatic heterocycles. The van der Waals surface area contributed by atoms with Gasteiger partial charge in [-0.25, -0.2) is 4.79 Å². The van der Waals surface area contributed by atoms with Crippen LogP contribution in [0.4, 0.5) is 0 Å². The smallest absolute Gasteiger partial charge is 0.335 e. The Balaban J connectivity index is 2.00. The number of nitrogens with zero attached hydrogens (tertiary/aromatic N) is 1. The van der Waals surface area contributed by atoms with Gasteiger partial charge in [-0.1, -0.05) is 18.6 Å². The average molecular weight is 262 g/mol. The Kier molecular flexibility index (Phi) is 4.93. The standard InChI is InChI=1S/C15H22N2O2/c1-16-10-14-4-2-3-9-17(14)11-12-5-7-13(8-6-12)15(18)19/h5-8,14,16H,2-4,9-11H2,1H3,(H,18,19). The van der Waals surface area contributed by atoms with Gasteiger partial charge in [0.2, 0.25) is 0 Å². The van der Waals surface area contributed by atoms with Crippen LogP contribution in [0, 0.1) is 0 Å². The number of benzene rings is 1. The minimum absolute atomic E-state index is 0.356. The summed E-state index contributed by atoms with van der Waals surface area (Å²) >= 11 is 0. The minimum Gasteiger partial charge on any atom is -0.478 e. The summed E-state index contributed by atoms with van der Waals surface area (Å²) < 4.78 is 0. The van der Waals surface area contributed by atoms with Crippen molar-refractivity contribution >= 4 is 5.97 Å². The number of likely N-dealkylation sites (tertiary alicyclic amines) is 1. The second-order valence-electron chi connectivity index (χ2n) is 5.18. The molecule has 4 nitrogen and oxygen atoms in total. The van der Waals surface area contributed by atoms with Crippen molar-refractivity contribution < 1.29 is 9.90 Å². The van der Waals surface area contributed by atoms with Gasteiger partial charge in [-0.2, -0.15) is 0 Å². The van der Waals surface area contributed by atoms with Crippen molar-refractivity contribution in [3.05, 3.63) is 35.4 Å². The van der Waals surface area contributed by atoms with Crippen molar-refractivity contribution in [2.75, 3.05) is 20.1 Å². The Bertz CT molecular complexity index is 415. The summed E-state index contributed by atoms with van der Waals surface area (Å²) in [5.41, 5.74) is 1.54. The maximum Gasteiger partial charge on any atom is 0.335 e. The number of likely N-dealkylation sites (N-methyl/N-ethyl adjacent to an activating group) is 1. The summed E-state index contributed by atoms with van der Waals surface area (Å²) in [6, 6.07) is 7.82. The fourth-order valence-corrected chi connectivity index (χ4v) is 2.72. The third-order valence-corrected chi connectivity index (χ3v) is 3.78. The summed E-state index contributed by atoms with van der Waals surface area (Å²) in [5.74, 6) is -0.863. The zero-order chi connectivity index (χ0) is 13.7. The van der Waals surface area contributed by atoms with Gasteiger partial charge in [0.1, 0.15) is 0 Å². The molecule has 1 atom stereocenters. The Morgan fingerprint density at radius 3 is 2.74 bits per heavy atom. The van der Waals surface area contributed by atoms with Crippen molar-refractivity contribution in [2.24, 2.45) is 0 Å². The fourth-order valence-electron chi connectivity index (χ4n) is 2.72. The lowest BCUT2D eigenvalue weighted by molar-refractivity contribution is 0.0697. The number of carboxylic acid groups (broad SMARTS) is 1. The highest BCUT2D eigenvalue weighted by molar-refractivity contribution is 5.87. The lowest BCUT2D eigenvalue weighted by Crippen LogP contribution is -2.44. The third kappa shape index (κ3) is 3.78. The molecule has 1 aliphatic rings. The Labute approximate surface area is 114 Å². The van der Waals surface area contributed by atoms with E-state index in [0.29, 0.717) is 11.6 Å². The highest BCUT2D eigenvalue weighted by Crippen LogP contribution is 2.19. The number of aromatic carboxylic acids is 1. The topological polar surface area (TPSA) is 52.6 Å². The summed E-state index contributed by atoms with van der Waals surface area (Å²) in [6.45, 7) is 3.06. The number of nitrogens with one attached hydrogen (secondary N) is 1. The molecule has 1 saturated heterocycles. The number of carbonyl (C=O) groups is 1. The number of hydrogen-bond acceptors (Lipinski definition) is 3. The largest absolute Gasteiger partial charge is 0.478 e. The molecule has 2 N–H and O–H groups in total. The Hall–Kier alpha value is -1.39. The molecule has 1 aromatic rings. The first-order valence-electron chi connectivity index (χ1n) is 6.91. The van der Waals surface area contributed by atoms with Crippen LogP contribution in [0.2, 0.25) is 0 Å². The van der Waals surface area contributed by atoms with E-state index in [4.69, 9.17) is 5.11 Å². The predicted molar refractivity (Wildman–Crippen MR) is 75.4 cm³/mol. The molecule has 0 radical (unpaired) electrons. The number of rotatable bonds is 5. The van der Waals surface area contributed by atoms with Crippen LogP contribution in [0.1, 0.15) is 35.2 Å². The quantitative estimate of drug-likeness (QED) is 0.851. The van der Waals surface area contributed by atoms with Crippen molar-refractivity contribution in [3.8, 4) is 0 Å². The van der Waals surface area contributed by atoms with Crippen LogP contribution in [0.5, 0.6) is 0 Å². The van der Waals surface area contributed by atoms with Gasteiger partial charge in [-0.05, 0) is 44.1 Å². The van der Waals surface area contributed by atoms with Gasteiger partial charge in [0.15, 0.2) is 0 Å². The molecule has 1 fully saturated rings. The third-order valence-electron chi connectivity index (χ3n) is 3.78. The molecule has 0 amide bonds.